The van der Waals surface area contributed by atoms with E-state index < -0.39 is 0 Å². The lowest BCUT2D eigenvalue weighted by molar-refractivity contribution is -0.0448. The SMILES string of the molecule is CN(C)CCOc1ccc(C(=O)NC23CC4CC(C2)CC(NC(=O)c2ccccn2)(C4)C3)cc1. The number of pyridine rings is 1. The van der Waals surface area contributed by atoms with Crippen LogP contribution in [0.3, 0.4) is 0 Å². The Hall–Kier alpha value is -2.93. The van der Waals surface area contributed by atoms with Crippen molar-refractivity contribution in [3.8, 4) is 5.75 Å². The van der Waals surface area contributed by atoms with Crippen molar-refractivity contribution in [3.63, 3.8) is 0 Å². The maximum Gasteiger partial charge on any atom is 0.270 e. The fraction of sp³-hybridized carbons (Fsp3) is 0.519. The summed E-state index contributed by atoms with van der Waals surface area (Å²) in [4.78, 5) is 32.5. The highest BCUT2D eigenvalue weighted by molar-refractivity contribution is 5.95. The summed E-state index contributed by atoms with van der Waals surface area (Å²) in [5, 5.41) is 6.74. The molecule has 2 N–H and O–H groups in total. The summed E-state index contributed by atoms with van der Waals surface area (Å²) in [6, 6.07) is 12.8. The number of ether oxygens (including phenoxy) is 1. The summed E-state index contributed by atoms with van der Waals surface area (Å²) < 4.78 is 5.75. The van der Waals surface area contributed by atoms with E-state index in [0.29, 0.717) is 29.7 Å². The molecule has 4 bridgehead atoms. The molecule has 0 aliphatic heterocycles. The van der Waals surface area contributed by atoms with Crippen LogP contribution in [-0.4, -0.2) is 60.0 Å². The van der Waals surface area contributed by atoms with E-state index in [2.05, 4.69) is 20.5 Å². The number of nitrogens with zero attached hydrogens (tertiary/aromatic N) is 2. The van der Waals surface area contributed by atoms with Crippen LogP contribution in [0.5, 0.6) is 5.75 Å². The van der Waals surface area contributed by atoms with E-state index in [-0.39, 0.29) is 22.9 Å². The highest BCUT2D eigenvalue weighted by atomic mass is 16.5. The van der Waals surface area contributed by atoms with Crippen molar-refractivity contribution >= 4 is 11.8 Å². The normalized spacial score (nSPS) is 29.1. The van der Waals surface area contributed by atoms with Crippen molar-refractivity contribution in [2.45, 2.75) is 49.6 Å². The summed E-state index contributed by atoms with van der Waals surface area (Å²) in [5.41, 5.74) is 0.557. The van der Waals surface area contributed by atoms with Crippen LogP contribution < -0.4 is 15.4 Å². The Morgan fingerprint density at radius 2 is 1.62 bits per heavy atom. The predicted octanol–water partition coefficient (Wildman–Crippen LogP) is 3.27. The van der Waals surface area contributed by atoms with E-state index in [1.165, 1.54) is 6.42 Å². The van der Waals surface area contributed by atoms with E-state index in [9.17, 15) is 9.59 Å². The van der Waals surface area contributed by atoms with Gasteiger partial charge in [-0.3, -0.25) is 14.6 Å². The van der Waals surface area contributed by atoms with Crippen molar-refractivity contribution < 1.29 is 14.3 Å². The van der Waals surface area contributed by atoms with Crippen LogP contribution in [-0.2, 0) is 0 Å². The lowest BCUT2D eigenvalue weighted by Gasteiger charge is -2.62. The first kappa shape index (κ1) is 22.8. The Kier molecular flexibility index (Phi) is 6.06. The molecule has 180 valence electrons. The van der Waals surface area contributed by atoms with Gasteiger partial charge in [-0.2, -0.15) is 0 Å². The number of benzene rings is 1. The maximum atomic E-state index is 13.2. The summed E-state index contributed by atoms with van der Waals surface area (Å²) in [6.07, 6.45) is 7.57. The minimum atomic E-state index is -0.268. The second-order valence-electron chi connectivity index (χ2n) is 10.8. The topological polar surface area (TPSA) is 83.6 Å². The van der Waals surface area contributed by atoms with E-state index >= 15 is 0 Å². The number of carbonyl (C=O) groups is 2. The van der Waals surface area contributed by atoms with Crippen LogP contribution in [0.2, 0.25) is 0 Å². The van der Waals surface area contributed by atoms with Gasteiger partial charge in [0.1, 0.15) is 18.1 Å². The molecule has 1 aromatic carbocycles. The number of nitrogens with one attached hydrogen (secondary N) is 2. The summed E-state index contributed by atoms with van der Waals surface area (Å²) in [5.74, 6) is 1.65. The van der Waals surface area contributed by atoms with E-state index in [1.807, 2.05) is 50.5 Å². The highest BCUT2D eigenvalue weighted by Gasteiger charge is 2.58. The van der Waals surface area contributed by atoms with Crippen molar-refractivity contribution in [1.29, 1.82) is 0 Å². The zero-order valence-electron chi connectivity index (χ0n) is 20.0. The first-order valence-electron chi connectivity index (χ1n) is 12.3. The molecule has 34 heavy (non-hydrogen) atoms. The lowest BCUT2D eigenvalue weighted by Crippen LogP contribution is -2.69. The van der Waals surface area contributed by atoms with Gasteiger partial charge < -0.3 is 20.3 Å². The predicted molar refractivity (Wildman–Crippen MR) is 130 cm³/mol. The van der Waals surface area contributed by atoms with Crippen molar-refractivity contribution in [3.05, 3.63) is 59.9 Å². The molecular weight excluding hydrogens is 428 g/mol. The van der Waals surface area contributed by atoms with Crippen LogP contribution in [0.4, 0.5) is 0 Å². The van der Waals surface area contributed by atoms with E-state index in [1.54, 1.807) is 12.3 Å². The molecule has 1 aromatic heterocycles. The third-order valence-corrected chi connectivity index (χ3v) is 7.64. The zero-order chi connectivity index (χ0) is 23.8. The van der Waals surface area contributed by atoms with Gasteiger partial charge in [-0.05, 0) is 101 Å². The zero-order valence-corrected chi connectivity index (χ0v) is 20.0. The molecule has 7 nitrogen and oxygen atoms in total. The van der Waals surface area contributed by atoms with Crippen LogP contribution in [0.25, 0.3) is 0 Å². The molecule has 2 atom stereocenters. The third-order valence-electron chi connectivity index (χ3n) is 7.64. The second kappa shape index (κ2) is 9.02. The molecule has 1 heterocycles. The molecule has 0 spiro atoms. The number of likely N-dealkylation sites (N-methyl/N-ethyl adjacent to an activating group) is 1. The Morgan fingerprint density at radius 1 is 0.971 bits per heavy atom. The average molecular weight is 463 g/mol. The molecule has 4 fully saturated rings. The van der Waals surface area contributed by atoms with Gasteiger partial charge in [0.2, 0.25) is 0 Å². The van der Waals surface area contributed by atoms with Gasteiger partial charge in [0, 0.05) is 29.4 Å². The molecule has 0 radical (unpaired) electrons. The summed E-state index contributed by atoms with van der Waals surface area (Å²) in [7, 11) is 4.02. The molecule has 0 saturated heterocycles. The van der Waals surface area contributed by atoms with Crippen LogP contribution in [0.1, 0.15) is 59.4 Å². The number of aromatic nitrogens is 1. The van der Waals surface area contributed by atoms with Gasteiger partial charge in [0.15, 0.2) is 0 Å². The molecule has 4 aliphatic carbocycles. The van der Waals surface area contributed by atoms with E-state index in [4.69, 9.17) is 4.74 Å². The Bertz CT molecular complexity index is 1020. The van der Waals surface area contributed by atoms with E-state index in [0.717, 1.165) is 44.4 Å². The number of rotatable bonds is 8. The average Bonchev–Trinajstić information content (AvgIpc) is 2.78. The summed E-state index contributed by atoms with van der Waals surface area (Å²) >= 11 is 0. The fourth-order valence-electron chi connectivity index (χ4n) is 6.72. The molecule has 4 saturated carbocycles. The van der Waals surface area contributed by atoms with Gasteiger partial charge in [0.25, 0.3) is 11.8 Å². The molecule has 4 aliphatic rings. The minimum absolute atomic E-state index is 0.0482. The smallest absolute Gasteiger partial charge is 0.270 e. The molecule has 6 rings (SSSR count). The van der Waals surface area contributed by atoms with Gasteiger partial charge in [-0.25, -0.2) is 0 Å². The summed E-state index contributed by atoms with van der Waals surface area (Å²) in [6.45, 7) is 1.45. The first-order valence-corrected chi connectivity index (χ1v) is 12.3. The Balaban J connectivity index is 1.26. The van der Waals surface area contributed by atoms with Gasteiger partial charge in [-0.15, -0.1) is 0 Å². The molecule has 2 aromatic rings. The van der Waals surface area contributed by atoms with Crippen molar-refractivity contribution in [1.82, 2.24) is 20.5 Å². The number of hydrogen-bond acceptors (Lipinski definition) is 5. The second-order valence-corrected chi connectivity index (χ2v) is 10.8. The van der Waals surface area contributed by atoms with Gasteiger partial charge >= 0.3 is 0 Å². The minimum Gasteiger partial charge on any atom is -0.492 e. The Morgan fingerprint density at radius 3 is 2.21 bits per heavy atom. The maximum absolute atomic E-state index is 13.2. The molecule has 2 unspecified atom stereocenters. The van der Waals surface area contributed by atoms with Gasteiger partial charge in [0.05, 0.1) is 0 Å². The van der Waals surface area contributed by atoms with Crippen LogP contribution in [0, 0.1) is 11.8 Å². The van der Waals surface area contributed by atoms with Crippen molar-refractivity contribution in [2.75, 3.05) is 27.2 Å². The molecule has 7 heteroatoms. The standard InChI is InChI=1S/C27H34N4O3/c1-31(2)11-12-34-22-8-6-21(7-9-22)24(32)29-26-14-19-13-20(15-26)17-27(16-19,18-26)30-25(33)23-5-3-4-10-28-23/h3-10,19-20H,11-18H2,1-2H3,(H,29,32)(H,30,33). The quantitative estimate of drug-likeness (QED) is 0.629. The number of hydrogen-bond donors (Lipinski definition) is 2. The highest BCUT2D eigenvalue weighted by Crippen LogP contribution is 2.57. The largest absolute Gasteiger partial charge is 0.492 e. The monoisotopic (exact) mass is 462 g/mol. The third kappa shape index (κ3) is 4.80. The van der Waals surface area contributed by atoms with Crippen molar-refractivity contribution in [2.24, 2.45) is 11.8 Å². The first-order chi connectivity index (χ1) is 16.3. The van der Waals surface area contributed by atoms with Gasteiger partial charge in [-0.1, -0.05) is 6.07 Å². The molecule has 2 amide bonds. The number of amides is 2. The van der Waals surface area contributed by atoms with Crippen LogP contribution in [0.15, 0.2) is 48.7 Å². The molecular formula is C27H34N4O3. The number of carbonyl (C=O) groups excluding carboxylic acids is 2. The lowest BCUT2D eigenvalue weighted by atomic mass is 9.49. The Labute approximate surface area is 201 Å². The fourth-order valence-corrected chi connectivity index (χ4v) is 6.72. The van der Waals surface area contributed by atoms with Crippen LogP contribution >= 0.6 is 0 Å².